The molecule has 1 aliphatic heterocycles. The van der Waals surface area contributed by atoms with E-state index < -0.39 is 28.2 Å². The molecule has 0 saturated heterocycles. The van der Waals surface area contributed by atoms with Crippen LogP contribution in [0.5, 0.6) is 5.75 Å². The number of thiophene rings is 1. The number of carbonyl (C=O) groups excluding carboxylic acids is 2. The zero-order valence-electron chi connectivity index (χ0n) is 24.8. The molecule has 0 bridgehead atoms. The minimum absolute atomic E-state index is 0.0249. The predicted molar refractivity (Wildman–Crippen MR) is 173 cm³/mol. The third-order valence-corrected chi connectivity index (χ3v) is 11.0. The predicted octanol–water partition coefficient (Wildman–Crippen LogP) is 5.02. The van der Waals surface area contributed by atoms with Gasteiger partial charge in [0.25, 0.3) is 10.0 Å². The second kappa shape index (κ2) is 13.3. The Morgan fingerprint density at radius 1 is 1.11 bits per heavy atom. The van der Waals surface area contributed by atoms with E-state index in [0.29, 0.717) is 22.7 Å². The fourth-order valence-corrected chi connectivity index (χ4v) is 7.64. The van der Waals surface area contributed by atoms with Crippen LogP contribution in [0.25, 0.3) is 10.8 Å². The summed E-state index contributed by atoms with van der Waals surface area (Å²) < 4.78 is 34.4. The molecule has 3 amide bonds. The van der Waals surface area contributed by atoms with E-state index in [1.807, 2.05) is 49.4 Å². The van der Waals surface area contributed by atoms with E-state index >= 15 is 0 Å². The van der Waals surface area contributed by atoms with Gasteiger partial charge in [-0.05, 0) is 48.0 Å². The molecule has 0 saturated carbocycles. The zero-order valence-corrected chi connectivity index (χ0v) is 26.4. The first-order chi connectivity index (χ1) is 21.1. The van der Waals surface area contributed by atoms with Crippen LogP contribution in [0.1, 0.15) is 19.4 Å². The van der Waals surface area contributed by atoms with Crippen LogP contribution in [0.3, 0.4) is 0 Å². The van der Waals surface area contributed by atoms with Gasteiger partial charge in [0.2, 0.25) is 5.91 Å². The van der Waals surface area contributed by atoms with E-state index in [1.165, 1.54) is 11.4 Å². The van der Waals surface area contributed by atoms with Crippen molar-refractivity contribution in [1.82, 2.24) is 9.21 Å². The van der Waals surface area contributed by atoms with Crippen molar-refractivity contribution in [2.24, 2.45) is 5.92 Å². The number of hydrogen-bond acceptors (Lipinski definition) is 7. The lowest BCUT2D eigenvalue weighted by molar-refractivity contribution is -0.134. The SMILES string of the molecule is C[C@H]1CN([C@@H](C)CO)C(=O)Cc2cc(NC(=O)Nc3cccc4ccccc34)ccc2O[C@H]1CN(C)S(=O)(=O)c1cccs1. The monoisotopic (exact) mass is 636 g/mol. The van der Waals surface area contributed by atoms with Crippen LogP contribution < -0.4 is 15.4 Å². The number of nitrogens with one attached hydrogen (secondary N) is 2. The fraction of sp³-hybridized carbons (Fsp3) is 0.312. The number of sulfonamides is 1. The molecule has 3 N–H and O–H groups in total. The largest absolute Gasteiger partial charge is 0.488 e. The molecule has 0 unspecified atom stereocenters. The smallest absolute Gasteiger partial charge is 0.323 e. The van der Waals surface area contributed by atoms with Crippen molar-refractivity contribution in [3.63, 3.8) is 0 Å². The van der Waals surface area contributed by atoms with Gasteiger partial charge >= 0.3 is 6.03 Å². The molecule has 3 atom stereocenters. The number of amides is 3. The summed E-state index contributed by atoms with van der Waals surface area (Å²) in [5, 5.41) is 19.3. The molecule has 1 aromatic heterocycles. The first-order valence-corrected chi connectivity index (χ1v) is 16.6. The number of rotatable bonds is 8. The molecule has 232 valence electrons. The average Bonchev–Trinajstić information content (AvgIpc) is 3.57. The van der Waals surface area contributed by atoms with Gasteiger partial charge in [-0.25, -0.2) is 13.2 Å². The van der Waals surface area contributed by atoms with Gasteiger partial charge in [-0.1, -0.05) is 49.4 Å². The minimum atomic E-state index is -3.73. The van der Waals surface area contributed by atoms with Crippen molar-refractivity contribution < 1.29 is 27.9 Å². The van der Waals surface area contributed by atoms with E-state index in [-0.39, 0.29) is 42.2 Å². The molecule has 0 fully saturated rings. The van der Waals surface area contributed by atoms with Crippen molar-refractivity contribution in [2.75, 3.05) is 37.4 Å². The van der Waals surface area contributed by atoms with Crippen LogP contribution in [0, 0.1) is 5.92 Å². The summed E-state index contributed by atoms with van der Waals surface area (Å²) in [4.78, 5) is 28.1. The maximum Gasteiger partial charge on any atom is 0.323 e. The number of anilines is 2. The molecule has 0 spiro atoms. The maximum absolute atomic E-state index is 13.5. The zero-order chi connectivity index (χ0) is 31.4. The van der Waals surface area contributed by atoms with Gasteiger partial charge in [0.15, 0.2) is 0 Å². The first kappa shape index (κ1) is 31.5. The average molecular weight is 637 g/mol. The van der Waals surface area contributed by atoms with Crippen LogP contribution in [0.15, 0.2) is 82.4 Å². The van der Waals surface area contributed by atoms with Gasteiger partial charge in [0.1, 0.15) is 16.1 Å². The highest BCUT2D eigenvalue weighted by molar-refractivity contribution is 7.91. The van der Waals surface area contributed by atoms with Gasteiger partial charge in [0.05, 0.1) is 31.3 Å². The topological polar surface area (TPSA) is 128 Å². The Labute approximate surface area is 261 Å². The third kappa shape index (κ3) is 6.88. The first-order valence-electron chi connectivity index (χ1n) is 14.3. The normalized spacial score (nSPS) is 18.1. The summed E-state index contributed by atoms with van der Waals surface area (Å²) in [7, 11) is -2.22. The lowest BCUT2D eigenvalue weighted by atomic mass is 10.0. The summed E-state index contributed by atoms with van der Waals surface area (Å²) in [6, 6.07) is 20.8. The Hall–Kier alpha value is -3.97. The molecule has 3 aromatic carbocycles. The lowest BCUT2D eigenvalue weighted by Gasteiger charge is -2.33. The lowest BCUT2D eigenvalue weighted by Crippen LogP contribution is -2.48. The van der Waals surface area contributed by atoms with Crippen molar-refractivity contribution in [2.45, 2.75) is 36.6 Å². The molecule has 2 heterocycles. The van der Waals surface area contributed by atoms with Crippen LogP contribution in [-0.2, 0) is 21.2 Å². The van der Waals surface area contributed by atoms with Crippen LogP contribution >= 0.6 is 11.3 Å². The molecular weight excluding hydrogens is 601 g/mol. The van der Waals surface area contributed by atoms with E-state index in [1.54, 1.807) is 47.5 Å². The number of carbonyl (C=O) groups is 2. The third-order valence-electron chi connectivity index (χ3n) is 7.81. The molecule has 44 heavy (non-hydrogen) atoms. The second-order valence-electron chi connectivity index (χ2n) is 11.0. The molecular formula is C32H36N4O6S2. The number of fused-ring (bicyclic) bond motifs is 2. The molecule has 5 rings (SSSR count). The number of urea groups is 1. The number of aliphatic hydroxyl groups is 1. The molecule has 4 aromatic rings. The Balaban J connectivity index is 1.41. The van der Waals surface area contributed by atoms with E-state index in [4.69, 9.17) is 4.74 Å². The van der Waals surface area contributed by atoms with Crippen molar-refractivity contribution in [3.05, 3.63) is 83.7 Å². The number of likely N-dealkylation sites (N-methyl/N-ethyl adjacent to an activating group) is 1. The summed E-state index contributed by atoms with van der Waals surface area (Å²) in [6.07, 6.45) is -0.635. The highest BCUT2D eigenvalue weighted by Crippen LogP contribution is 2.31. The Kier molecular flexibility index (Phi) is 9.54. The quantitative estimate of drug-likeness (QED) is 0.249. The van der Waals surface area contributed by atoms with Gasteiger partial charge in [-0.2, -0.15) is 4.31 Å². The fourth-order valence-electron chi connectivity index (χ4n) is 5.26. The highest BCUT2D eigenvalue weighted by Gasteiger charge is 2.33. The van der Waals surface area contributed by atoms with Crippen LogP contribution in [0.2, 0.25) is 0 Å². The second-order valence-corrected chi connectivity index (χ2v) is 14.3. The molecule has 12 heteroatoms. The molecule has 10 nitrogen and oxygen atoms in total. The number of hydrogen-bond donors (Lipinski definition) is 3. The minimum Gasteiger partial charge on any atom is -0.488 e. The van der Waals surface area contributed by atoms with Gasteiger partial charge in [-0.3, -0.25) is 4.79 Å². The van der Waals surface area contributed by atoms with Crippen molar-refractivity contribution in [3.8, 4) is 5.75 Å². The van der Waals surface area contributed by atoms with Gasteiger partial charge in [-0.15, -0.1) is 11.3 Å². The van der Waals surface area contributed by atoms with Crippen molar-refractivity contribution >= 4 is 55.4 Å². The number of aliphatic hydroxyl groups excluding tert-OH is 1. The molecule has 1 aliphatic rings. The summed E-state index contributed by atoms with van der Waals surface area (Å²) >= 11 is 1.14. The van der Waals surface area contributed by atoms with Crippen LogP contribution in [-0.4, -0.2) is 73.6 Å². The number of nitrogens with zero attached hydrogens (tertiary/aromatic N) is 2. The van der Waals surface area contributed by atoms with E-state index in [0.717, 1.165) is 22.1 Å². The van der Waals surface area contributed by atoms with E-state index in [9.17, 15) is 23.1 Å². The van der Waals surface area contributed by atoms with Gasteiger partial charge in [0, 0.05) is 36.1 Å². The Morgan fingerprint density at radius 2 is 1.89 bits per heavy atom. The van der Waals surface area contributed by atoms with Crippen molar-refractivity contribution in [1.29, 1.82) is 0 Å². The number of ether oxygens (including phenoxy) is 1. The van der Waals surface area contributed by atoms with Crippen LogP contribution in [0.4, 0.5) is 16.2 Å². The summed E-state index contributed by atoms with van der Waals surface area (Å²) in [5.74, 6) is -0.0550. The number of benzene rings is 3. The molecule has 0 radical (unpaired) electrons. The highest BCUT2D eigenvalue weighted by atomic mass is 32.2. The summed E-state index contributed by atoms with van der Waals surface area (Å²) in [5.41, 5.74) is 1.66. The molecule has 0 aliphatic carbocycles. The summed E-state index contributed by atoms with van der Waals surface area (Å²) in [6.45, 7) is 3.76. The van der Waals surface area contributed by atoms with Gasteiger partial charge < -0.3 is 25.4 Å². The Morgan fingerprint density at radius 3 is 2.64 bits per heavy atom. The maximum atomic E-state index is 13.5. The van der Waals surface area contributed by atoms with E-state index in [2.05, 4.69) is 10.6 Å². The Bertz CT molecular complexity index is 1740. The standard InChI is InChI=1S/C32H36N4O6S2/c1-21-18-36(22(2)20-37)30(38)17-24-16-25(33-32(39)34-27-11-6-9-23-8-4-5-10-26(23)27)13-14-28(24)42-29(21)19-35(3)44(40,41)31-12-7-15-43-31/h4-16,21-22,29,37H,17-20H2,1-3H3,(H2,33,34,39)/t21-,22-,29-/m0/s1.